The molecule has 7 N–H and O–H groups in total. The highest BCUT2D eigenvalue weighted by molar-refractivity contribution is 5.69. The summed E-state index contributed by atoms with van der Waals surface area (Å²) in [5.41, 5.74) is 0. The maximum Gasteiger partial charge on any atom is 0.305 e. The SMILES string of the molecule is CCCCCCCCCCCCCCCCCCCCOCC(COC1OC(COC2OC(CO)C(O)C(O)C2O)C(O)C(O)C1O)OC(=O)CC. The average Bonchev–Trinajstić information content (AvgIpc) is 3.14. The van der Waals surface area contributed by atoms with Crippen molar-refractivity contribution in [2.75, 3.05) is 33.0 Å². The van der Waals surface area contributed by atoms with E-state index in [0.717, 1.165) is 19.3 Å². The van der Waals surface area contributed by atoms with Crippen molar-refractivity contribution in [2.45, 2.75) is 203 Å². The Kier molecular flexibility index (Phi) is 25.8. The zero-order chi connectivity index (χ0) is 38.1. The number of aliphatic hydroxyl groups is 7. The van der Waals surface area contributed by atoms with E-state index in [1.54, 1.807) is 6.92 Å². The zero-order valence-corrected chi connectivity index (χ0v) is 31.8. The Balaban J connectivity index is 1.61. The molecule has 2 heterocycles. The van der Waals surface area contributed by atoms with Gasteiger partial charge < -0.3 is 64.2 Å². The molecule has 2 aliphatic heterocycles. The topological polar surface area (TPSA) is 214 Å². The number of carbonyl (C=O) groups is 1. The molecule has 52 heavy (non-hydrogen) atoms. The number of hydrogen-bond acceptors (Lipinski definition) is 14. The molecule has 2 rings (SSSR count). The van der Waals surface area contributed by atoms with E-state index in [0.29, 0.717) is 6.61 Å². The molecule has 11 atom stereocenters. The van der Waals surface area contributed by atoms with Crippen molar-refractivity contribution >= 4 is 5.97 Å². The molecule has 308 valence electrons. The third kappa shape index (κ3) is 18.1. The summed E-state index contributed by atoms with van der Waals surface area (Å²) in [7, 11) is 0. The second kappa shape index (κ2) is 28.4. The van der Waals surface area contributed by atoms with Crippen molar-refractivity contribution < 1.29 is 69.0 Å². The van der Waals surface area contributed by atoms with Gasteiger partial charge in [-0.05, 0) is 6.42 Å². The molecule has 0 radical (unpaired) electrons. The molecule has 0 aliphatic carbocycles. The summed E-state index contributed by atoms with van der Waals surface area (Å²) in [6.45, 7) is 3.11. The standard InChI is InChI=1S/C38H72O14/c1-3-5-6-7-8-9-10-11-12-13-14-15-16-17-18-19-20-21-22-47-24-27(50-30(40)4-2)25-48-37-36(46)34(44)32(42)29(52-37)26-49-38-35(45)33(43)31(41)28(23-39)51-38/h27-29,31-39,41-46H,3-26H2,1-2H3. The number of ether oxygens (including phenoxy) is 6. The molecule has 14 heteroatoms. The van der Waals surface area contributed by atoms with Gasteiger partial charge in [-0.2, -0.15) is 0 Å². The molecule has 2 fully saturated rings. The lowest BCUT2D eigenvalue weighted by Crippen LogP contribution is -2.61. The van der Waals surface area contributed by atoms with Crippen molar-refractivity contribution in [2.24, 2.45) is 0 Å². The molecule has 0 spiro atoms. The predicted octanol–water partition coefficient (Wildman–Crippen LogP) is 3.01. The Hall–Kier alpha value is -1.01. The highest BCUT2D eigenvalue weighted by Crippen LogP contribution is 2.26. The predicted molar refractivity (Wildman–Crippen MR) is 192 cm³/mol. The number of aliphatic hydroxyl groups excluding tert-OH is 7. The number of unbranched alkanes of at least 4 members (excludes halogenated alkanes) is 17. The highest BCUT2D eigenvalue weighted by Gasteiger charge is 2.47. The van der Waals surface area contributed by atoms with Crippen LogP contribution in [0.15, 0.2) is 0 Å². The quantitative estimate of drug-likeness (QED) is 0.0415. The second-order valence-corrected chi connectivity index (χ2v) is 14.4. The van der Waals surface area contributed by atoms with Gasteiger partial charge in [-0.1, -0.05) is 123 Å². The first-order valence-electron chi connectivity index (χ1n) is 20.1. The fraction of sp³-hybridized carbons (Fsp3) is 0.974. The van der Waals surface area contributed by atoms with Crippen molar-refractivity contribution in [3.8, 4) is 0 Å². The Morgan fingerprint density at radius 1 is 0.558 bits per heavy atom. The molecule has 0 aromatic heterocycles. The van der Waals surface area contributed by atoms with E-state index < -0.39 is 86.7 Å². The lowest BCUT2D eigenvalue weighted by molar-refractivity contribution is -0.332. The first-order chi connectivity index (χ1) is 25.1. The largest absolute Gasteiger partial charge is 0.457 e. The van der Waals surface area contributed by atoms with Gasteiger partial charge in [0.2, 0.25) is 0 Å². The van der Waals surface area contributed by atoms with Gasteiger partial charge in [-0.15, -0.1) is 0 Å². The summed E-state index contributed by atoms with van der Waals surface area (Å²) in [4.78, 5) is 12.1. The smallest absolute Gasteiger partial charge is 0.305 e. The number of carbonyl (C=O) groups excluding carboxylic acids is 1. The van der Waals surface area contributed by atoms with Crippen LogP contribution in [0.3, 0.4) is 0 Å². The first kappa shape index (κ1) is 47.1. The van der Waals surface area contributed by atoms with Crippen molar-refractivity contribution in [3.05, 3.63) is 0 Å². The van der Waals surface area contributed by atoms with E-state index in [1.807, 2.05) is 0 Å². The normalized spacial score (nSPS) is 30.0. The third-order valence-electron chi connectivity index (χ3n) is 9.92. The van der Waals surface area contributed by atoms with Crippen molar-refractivity contribution in [1.82, 2.24) is 0 Å². The van der Waals surface area contributed by atoms with Crippen LogP contribution < -0.4 is 0 Å². The third-order valence-corrected chi connectivity index (χ3v) is 9.92. The number of hydrogen-bond donors (Lipinski definition) is 7. The van der Waals surface area contributed by atoms with Crippen LogP contribution in [0.5, 0.6) is 0 Å². The molecule has 2 saturated heterocycles. The molecule has 2 aliphatic rings. The zero-order valence-electron chi connectivity index (χ0n) is 31.8. The van der Waals surface area contributed by atoms with Crippen LogP contribution >= 0.6 is 0 Å². The lowest BCUT2D eigenvalue weighted by Gasteiger charge is -2.42. The molecular weight excluding hydrogens is 680 g/mol. The van der Waals surface area contributed by atoms with E-state index in [1.165, 1.54) is 96.3 Å². The van der Waals surface area contributed by atoms with Crippen LogP contribution in [-0.4, -0.2) is 142 Å². The van der Waals surface area contributed by atoms with Gasteiger partial charge in [0, 0.05) is 13.0 Å². The minimum absolute atomic E-state index is 0.0579. The van der Waals surface area contributed by atoms with Gasteiger partial charge in [-0.3, -0.25) is 4.79 Å². The summed E-state index contributed by atoms with van der Waals surface area (Å²) < 4.78 is 33.3. The Morgan fingerprint density at radius 2 is 1.00 bits per heavy atom. The highest BCUT2D eigenvalue weighted by atomic mass is 16.7. The van der Waals surface area contributed by atoms with Gasteiger partial charge in [0.1, 0.15) is 54.9 Å². The number of esters is 1. The van der Waals surface area contributed by atoms with Crippen molar-refractivity contribution in [1.29, 1.82) is 0 Å². The van der Waals surface area contributed by atoms with E-state index in [9.17, 15) is 40.5 Å². The second-order valence-electron chi connectivity index (χ2n) is 14.4. The first-order valence-corrected chi connectivity index (χ1v) is 20.1. The van der Waals surface area contributed by atoms with Crippen molar-refractivity contribution in [3.63, 3.8) is 0 Å². The molecule has 0 aromatic carbocycles. The van der Waals surface area contributed by atoms with E-state index in [-0.39, 0.29) is 19.6 Å². The molecule has 14 nitrogen and oxygen atoms in total. The summed E-state index contributed by atoms with van der Waals surface area (Å²) >= 11 is 0. The fourth-order valence-electron chi connectivity index (χ4n) is 6.49. The van der Waals surface area contributed by atoms with Gasteiger partial charge in [0.25, 0.3) is 0 Å². The Morgan fingerprint density at radius 3 is 1.48 bits per heavy atom. The maximum atomic E-state index is 12.1. The van der Waals surface area contributed by atoms with Gasteiger partial charge >= 0.3 is 5.97 Å². The van der Waals surface area contributed by atoms with E-state index >= 15 is 0 Å². The van der Waals surface area contributed by atoms with Crippen LogP contribution in [0.25, 0.3) is 0 Å². The van der Waals surface area contributed by atoms with Crippen LogP contribution in [0.1, 0.15) is 136 Å². The van der Waals surface area contributed by atoms with Crippen LogP contribution in [0, 0.1) is 0 Å². The summed E-state index contributed by atoms with van der Waals surface area (Å²) in [6, 6.07) is 0. The van der Waals surface area contributed by atoms with Gasteiger partial charge in [0.15, 0.2) is 12.6 Å². The Bertz CT molecular complexity index is 881. The summed E-state index contributed by atoms with van der Waals surface area (Å²) in [5, 5.41) is 71.0. The molecule has 0 aromatic rings. The molecular formula is C38H72O14. The molecule has 0 amide bonds. The molecule has 11 unspecified atom stereocenters. The number of rotatable bonds is 30. The molecule has 0 bridgehead atoms. The van der Waals surface area contributed by atoms with Crippen LogP contribution in [0.4, 0.5) is 0 Å². The van der Waals surface area contributed by atoms with Crippen LogP contribution in [0.2, 0.25) is 0 Å². The summed E-state index contributed by atoms with van der Waals surface area (Å²) in [6.07, 6.45) is 7.31. The van der Waals surface area contributed by atoms with Crippen LogP contribution in [-0.2, 0) is 33.2 Å². The maximum absolute atomic E-state index is 12.1. The van der Waals surface area contributed by atoms with Gasteiger partial charge in [-0.25, -0.2) is 0 Å². The average molecular weight is 753 g/mol. The Labute approximate surface area is 311 Å². The summed E-state index contributed by atoms with van der Waals surface area (Å²) in [5.74, 6) is -0.461. The minimum Gasteiger partial charge on any atom is -0.457 e. The monoisotopic (exact) mass is 752 g/mol. The van der Waals surface area contributed by atoms with Gasteiger partial charge in [0.05, 0.1) is 26.4 Å². The van der Waals surface area contributed by atoms with E-state index in [4.69, 9.17) is 28.4 Å². The van der Waals surface area contributed by atoms with E-state index in [2.05, 4.69) is 6.92 Å². The minimum atomic E-state index is -1.69. The fourth-order valence-corrected chi connectivity index (χ4v) is 6.49. The lowest BCUT2D eigenvalue weighted by atomic mass is 9.98. The molecule has 0 saturated carbocycles.